The minimum Gasteiger partial charge on any atom is -0.459 e. The second-order valence-electron chi connectivity index (χ2n) is 6.95. The fraction of sp³-hybridized carbons (Fsp3) is 0.227. The number of nitrogens with one attached hydrogen (secondary N) is 1. The fourth-order valence-corrected chi connectivity index (χ4v) is 3.39. The molecule has 148 valence electrons. The first-order chi connectivity index (χ1) is 14.1. The van der Waals surface area contributed by atoms with Crippen LogP contribution in [-0.4, -0.2) is 47.9 Å². The van der Waals surface area contributed by atoms with Crippen molar-refractivity contribution >= 4 is 23.2 Å². The maximum Gasteiger partial charge on any atom is 0.291 e. The number of hydrogen-bond donors (Lipinski definition) is 1. The summed E-state index contributed by atoms with van der Waals surface area (Å²) in [5.74, 6) is -0.144. The van der Waals surface area contributed by atoms with E-state index in [9.17, 15) is 9.59 Å². The van der Waals surface area contributed by atoms with Crippen LogP contribution in [0.15, 0.2) is 65.5 Å². The molecule has 0 bridgehead atoms. The van der Waals surface area contributed by atoms with Gasteiger partial charge in [-0.25, -0.2) is 0 Å². The highest BCUT2D eigenvalue weighted by atomic mass is 16.3. The summed E-state index contributed by atoms with van der Waals surface area (Å²) in [6.07, 6.45) is 5.00. The van der Waals surface area contributed by atoms with Gasteiger partial charge in [-0.2, -0.15) is 0 Å². The van der Waals surface area contributed by atoms with Crippen molar-refractivity contribution in [3.63, 3.8) is 0 Å². The highest BCUT2D eigenvalue weighted by Gasteiger charge is 2.23. The fourth-order valence-electron chi connectivity index (χ4n) is 3.39. The van der Waals surface area contributed by atoms with E-state index in [1.807, 2.05) is 30.0 Å². The Morgan fingerprint density at radius 1 is 1.03 bits per heavy atom. The van der Waals surface area contributed by atoms with Crippen molar-refractivity contribution in [3.05, 3.63) is 78.0 Å². The van der Waals surface area contributed by atoms with E-state index < -0.39 is 0 Å². The lowest BCUT2D eigenvalue weighted by Gasteiger charge is -2.36. The van der Waals surface area contributed by atoms with Crippen molar-refractivity contribution in [2.24, 2.45) is 0 Å². The van der Waals surface area contributed by atoms with Crippen LogP contribution in [0.25, 0.3) is 0 Å². The molecule has 0 atom stereocenters. The Morgan fingerprint density at radius 2 is 1.79 bits per heavy atom. The highest BCUT2D eigenvalue weighted by molar-refractivity contribution is 6.04. The summed E-state index contributed by atoms with van der Waals surface area (Å²) in [6.45, 7) is 4.71. The molecular weight excluding hydrogens is 368 g/mol. The first-order valence-corrected chi connectivity index (χ1v) is 9.51. The van der Waals surface area contributed by atoms with Crippen LogP contribution in [0.3, 0.4) is 0 Å². The number of furan rings is 1. The largest absolute Gasteiger partial charge is 0.459 e. The van der Waals surface area contributed by atoms with E-state index in [0.717, 1.165) is 24.3 Å². The Kier molecular flexibility index (Phi) is 5.29. The minimum absolute atomic E-state index is 0.0344. The molecule has 0 saturated carbocycles. The summed E-state index contributed by atoms with van der Waals surface area (Å²) < 4.78 is 5.13. The zero-order chi connectivity index (χ0) is 20.2. The van der Waals surface area contributed by atoms with E-state index in [-0.39, 0.29) is 17.6 Å². The molecule has 1 saturated heterocycles. The quantitative estimate of drug-likeness (QED) is 0.740. The molecule has 29 heavy (non-hydrogen) atoms. The van der Waals surface area contributed by atoms with E-state index in [2.05, 4.69) is 15.2 Å². The van der Waals surface area contributed by atoms with Crippen molar-refractivity contribution in [1.82, 2.24) is 9.88 Å². The zero-order valence-electron chi connectivity index (χ0n) is 16.2. The predicted molar refractivity (Wildman–Crippen MR) is 110 cm³/mol. The Balaban J connectivity index is 1.43. The molecule has 4 rings (SSSR count). The molecular formula is C22H22N4O3. The van der Waals surface area contributed by atoms with Crippen molar-refractivity contribution in [3.8, 4) is 0 Å². The van der Waals surface area contributed by atoms with Crippen molar-refractivity contribution in [2.75, 3.05) is 36.4 Å². The van der Waals surface area contributed by atoms with Crippen LogP contribution in [0.4, 0.5) is 11.4 Å². The van der Waals surface area contributed by atoms with Gasteiger partial charge < -0.3 is 19.5 Å². The smallest absolute Gasteiger partial charge is 0.291 e. The van der Waals surface area contributed by atoms with E-state index in [1.165, 1.54) is 6.26 Å². The van der Waals surface area contributed by atoms with Crippen LogP contribution < -0.4 is 10.2 Å². The molecule has 2 amide bonds. The number of amides is 2. The lowest BCUT2D eigenvalue weighted by atomic mass is 10.1. The normalized spacial score (nSPS) is 14.0. The Bertz CT molecular complexity index is 994. The SMILES string of the molecule is Cc1ccc(C(=O)N2CCN(c3ccncc3)CC2)cc1NC(=O)c1ccco1. The number of carbonyl (C=O) groups excluding carboxylic acids is 2. The van der Waals surface area contributed by atoms with Gasteiger partial charge in [-0.3, -0.25) is 14.6 Å². The van der Waals surface area contributed by atoms with Gasteiger partial charge in [-0.1, -0.05) is 6.07 Å². The first-order valence-electron chi connectivity index (χ1n) is 9.51. The Hall–Kier alpha value is -3.61. The lowest BCUT2D eigenvalue weighted by Crippen LogP contribution is -2.48. The maximum absolute atomic E-state index is 13.0. The number of aryl methyl sites for hydroxylation is 1. The average Bonchev–Trinajstić information content (AvgIpc) is 3.31. The molecule has 1 N–H and O–H groups in total. The standard InChI is InChI=1S/C22H22N4O3/c1-16-4-5-17(15-19(16)24-21(27)20-3-2-14-29-20)22(28)26-12-10-25(11-13-26)18-6-8-23-9-7-18/h2-9,14-15H,10-13H2,1H3,(H,24,27). The van der Waals surface area contributed by atoms with Crippen LogP contribution in [-0.2, 0) is 0 Å². The molecule has 7 heteroatoms. The zero-order valence-corrected chi connectivity index (χ0v) is 16.2. The van der Waals surface area contributed by atoms with Gasteiger partial charge in [0.2, 0.25) is 0 Å². The number of anilines is 2. The van der Waals surface area contributed by atoms with Crippen molar-refractivity contribution < 1.29 is 14.0 Å². The molecule has 1 aliphatic heterocycles. The number of rotatable bonds is 4. The second kappa shape index (κ2) is 8.18. The summed E-state index contributed by atoms with van der Waals surface area (Å²) >= 11 is 0. The number of carbonyl (C=O) groups is 2. The molecule has 1 fully saturated rings. The summed E-state index contributed by atoms with van der Waals surface area (Å²) in [5.41, 5.74) is 3.16. The van der Waals surface area contributed by atoms with E-state index in [1.54, 1.807) is 36.7 Å². The summed E-state index contributed by atoms with van der Waals surface area (Å²) in [6, 6.07) is 12.6. The monoisotopic (exact) mass is 390 g/mol. The van der Waals surface area contributed by atoms with E-state index in [0.29, 0.717) is 24.3 Å². The van der Waals surface area contributed by atoms with Gasteiger partial charge in [0, 0.05) is 55.5 Å². The van der Waals surface area contributed by atoms with Gasteiger partial charge in [0.05, 0.1) is 6.26 Å². The molecule has 3 heterocycles. The van der Waals surface area contributed by atoms with Gasteiger partial charge in [0.1, 0.15) is 0 Å². The van der Waals surface area contributed by atoms with Crippen LogP contribution >= 0.6 is 0 Å². The van der Waals surface area contributed by atoms with Crippen LogP contribution in [0.2, 0.25) is 0 Å². The number of nitrogens with zero attached hydrogens (tertiary/aromatic N) is 3. The summed E-state index contributed by atoms with van der Waals surface area (Å²) in [4.78, 5) is 33.4. The number of pyridine rings is 1. The highest BCUT2D eigenvalue weighted by Crippen LogP contribution is 2.21. The van der Waals surface area contributed by atoms with Gasteiger partial charge in [0.15, 0.2) is 5.76 Å². The third-order valence-electron chi connectivity index (χ3n) is 5.07. The molecule has 0 unspecified atom stereocenters. The van der Waals surface area contributed by atoms with Gasteiger partial charge >= 0.3 is 0 Å². The van der Waals surface area contributed by atoms with Crippen LogP contribution in [0.1, 0.15) is 26.5 Å². The van der Waals surface area contributed by atoms with E-state index >= 15 is 0 Å². The topological polar surface area (TPSA) is 78.7 Å². The number of piperazine rings is 1. The number of benzene rings is 1. The molecule has 1 aromatic carbocycles. The summed E-state index contributed by atoms with van der Waals surface area (Å²) in [7, 11) is 0. The number of hydrogen-bond acceptors (Lipinski definition) is 5. The average molecular weight is 390 g/mol. The van der Waals surface area contributed by atoms with Crippen LogP contribution in [0, 0.1) is 6.92 Å². The third-order valence-corrected chi connectivity index (χ3v) is 5.07. The molecule has 7 nitrogen and oxygen atoms in total. The third kappa shape index (κ3) is 4.13. The molecule has 0 spiro atoms. The molecule has 0 aliphatic carbocycles. The Labute approximate surface area is 169 Å². The van der Waals surface area contributed by atoms with E-state index in [4.69, 9.17) is 4.42 Å². The predicted octanol–water partition coefficient (Wildman–Crippen LogP) is 3.20. The van der Waals surface area contributed by atoms with Crippen molar-refractivity contribution in [1.29, 1.82) is 0 Å². The molecule has 2 aromatic heterocycles. The second-order valence-corrected chi connectivity index (χ2v) is 6.95. The van der Waals surface area contributed by atoms with Gasteiger partial charge in [-0.05, 0) is 48.9 Å². The summed E-state index contributed by atoms with van der Waals surface area (Å²) in [5, 5.41) is 2.82. The van der Waals surface area contributed by atoms with Gasteiger partial charge in [-0.15, -0.1) is 0 Å². The Morgan fingerprint density at radius 3 is 2.48 bits per heavy atom. The maximum atomic E-state index is 13.0. The molecule has 0 radical (unpaired) electrons. The number of aromatic nitrogens is 1. The molecule has 3 aromatic rings. The van der Waals surface area contributed by atoms with Crippen molar-refractivity contribution in [2.45, 2.75) is 6.92 Å². The van der Waals surface area contributed by atoms with Gasteiger partial charge in [0.25, 0.3) is 11.8 Å². The molecule has 1 aliphatic rings. The lowest BCUT2D eigenvalue weighted by molar-refractivity contribution is 0.0746. The van der Waals surface area contributed by atoms with Crippen LogP contribution in [0.5, 0.6) is 0 Å². The minimum atomic E-state index is -0.339. The first kappa shape index (κ1) is 18.7.